The van der Waals surface area contributed by atoms with Crippen LogP contribution in [0.1, 0.15) is 53.0 Å². The summed E-state index contributed by atoms with van der Waals surface area (Å²) in [7, 11) is 0. The van der Waals surface area contributed by atoms with E-state index in [4.69, 9.17) is 4.74 Å². The van der Waals surface area contributed by atoms with Crippen LogP contribution in [0.15, 0.2) is 24.3 Å². The van der Waals surface area contributed by atoms with E-state index in [0.29, 0.717) is 6.42 Å². The fourth-order valence-electron chi connectivity index (χ4n) is 4.19. The van der Waals surface area contributed by atoms with Crippen LogP contribution in [0.25, 0.3) is 0 Å². The third-order valence-electron chi connectivity index (χ3n) is 5.84. The molecule has 4 nitrogen and oxygen atoms in total. The van der Waals surface area contributed by atoms with E-state index in [1.807, 2.05) is 20.8 Å². The maximum Gasteiger partial charge on any atom is 0.416 e. The maximum atomic E-state index is 12.9. The van der Waals surface area contributed by atoms with E-state index >= 15 is 0 Å². The molecule has 1 aromatic rings. The van der Waals surface area contributed by atoms with E-state index in [2.05, 4.69) is 5.32 Å². The number of hydrogen-bond acceptors (Lipinski definition) is 3. The minimum atomic E-state index is -4.48. The first kappa shape index (κ1) is 22.5. The number of rotatable bonds is 7. The average molecular weight is 401 g/mol. The molecule has 2 rings (SSSR count). The quantitative estimate of drug-likeness (QED) is 0.712. The molecule has 0 heterocycles. The van der Waals surface area contributed by atoms with Crippen molar-refractivity contribution in [1.29, 1.82) is 0 Å². The van der Waals surface area contributed by atoms with Crippen LogP contribution >= 0.6 is 0 Å². The van der Waals surface area contributed by atoms with Gasteiger partial charge in [-0.3, -0.25) is 4.79 Å². The van der Waals surface area contributed by atoms with E-state index in [-0.39, 0.29) is 35.5 Å². The molecule has 28 heavy (non-hydrogen) atoms. The number of carbonyl (C=O) groups is 1. The van der Waals surface area contributed by atoms with Gasteiger partial charge in [0.15, 0.2) is 5.60 Å². The Morgan fingerprint density at radius 3 is 2.46 bits per heavy atom. The molecule has 1 amide bonds. The van der Waals surface area contributed by atoms with Crippen LogP contribution in [0.2, 0.25) is 0 Å². The Kier molecular flexibility index (Phi) is 6.69. The molecule has 0 aromatic heterocycles. The Labute approximate surface area is 164 Å². The van der Waals surface area contributed by atoms with Gasteiger partial charge in [-0.05, 0) is 56.2 Å². The zero-order chi connectivity index (χ0) is 21.3. The van der Waals surface area contributed by atoms with E-state index in [1.165, 1.54) is 26.0 Å². The van der Waals surface area contributed by atoms with Crippen LogP contribution in [0.5, 0.6) is 5.75 Å². The van der Waals surface area contributed by atoms with Gasteiger partial charge in [0.05, 0.1) is 11.7 Å². The minimum absolute atomic E-state index is 0.0112. The molecule has 1 aliphatic rings. The Bertz CT molecular complexity index is 690. The predicted molar refractivity (Wildman–Crippen MR) is 101 cm³/mol. The molecule has 0 bridgehead atoms. The Morgan fingerprint density at radius 2 is 1.93 bits per heavy atom. The van der Waals surface area contributed by atoms with Crippen LogP contribution in [-0.4, -0.2) is 28.8 Å². The summed E-state index contributed by atoms with van der Waals surface area (Å²) in [6, 6.07) is 4.42. The van der Waals surface area contributed by atoms with Crippen LogP contribution < -0.4 is 10.1 Å². The minimum Gasteiger partial charge on any atom is -0.478 e. The summed E-state index contributed by atoms with van der Waals surface area (Å²) in [5.41, 5.74) is -2.16. The summed E-state index contributed by atoms with van der Waals surface area (Å²) in [4.78, 5) is 12.8. The molecule has 1 aromatic carbocycles. The van der Waals surface area contributed by atoms with Gasteiger partial charge >= 0.3 is 6.18 Å². The topological polar surface area (TPSA) is 58.6 Å². The summed E-state index contributed by atoms with van der Waals surface area (Å²) in [6.07, 6.45) is -3.39. The largest absolute Gasteiger partial charge is 0.478 e. The molecule has 1 saturated carbocycles. The van der Waals surface area contributed by atoms with Gasteiger partial charge in [0.2, 0.25) is 0 Å². The summed E-state index contributed by atoms with van der Waals surface area (Å²) in [6.45, 7) is 9.02. The van der Waals surface area contributed by atoms with E-state index in [9.17, 15) is 23.1 Å². The molecule has 1 unspecified atom stereocenters. The molecular formula is C21H30F3NO3. The molecule has 0 aliphatic heterocycles. The number of carbonyl (C=O) groups excluding carboxylic acids is 1. The van der Waals surface area contributed by atoms with Gasteiger partial charge < -0.3 is 15.2 Å². The van der Waals surface area contributed by atoms with Gasteiger partial charge in [0.1, 0.15) is 5.75 Å². The van der Waals surface area contributed by atoms with Gasteiger partial charge in [-0.1, -0.05) is 33.3 Å². The van der Waals surface area contributed by atoms with Crippen molar-refractivity contribution < 1.29 is 27.8 Å². The van der Waals surface area contributed by atoms with E-state index in [1.54, 1.807) is 0 Å². The van der Waals surface area contributed by atoms with Crippen molar-refractivity contribution in [3.63, 3.8) is 0 Å². The lowest BCUT2D eigenvalue weighted by Crippen LogP contribution is -2.64. The van der Waals surface area contributed by atoms with Crippen LogP contribution in [0, 0.1) is 17.8 Å². The highest BCUT2D eigenvalue weighted by Gasteiger charge is 2.51. The van der Waals surface area contributed by atoms with Gasteiger partial charge in [-0.25, -0.2) is 0 Å². The summed E-state index contributed by atoms with van der Waals surface area (Å²) >= 11 is 0. The first-order valence-corrected chi connectivity index (χ1v) is 9.77. The second-order valence-electron chi connectivity index (χ2n) is 8.12. The summed E-state index contributed by atoms with van der Waals surface area (Å²) in [5.74, 6) is 0.0202. The second-order valence-corrected chi connectivity index (χ2v) is 8.12. The first-order valence-electron chi connectivity index (χ1n) is 9.77. The predicted octanol–water partition coefficient (Wildman–Crippen LogP) is 4.41. The number of benzene rings is 1. The van der Waals surface area contributed by atoms with Crippen molar-refractivity contribution in [2.45, 2.75) is 71.4 Å². The molecule has 5 atom stereocenters. The second kappa shape index (κ2) is 8.31. The fraction of sp³-hybridized carbons (Fsp3) is 0.667. The molecule has 1 fully saturated rings. The SMILES string of the molecule is CC[C@@H](O)C1[C@@H](C)[C@H](NC(=O)C(C)(C)Oc2cccc(C(F)(F)F)c2)[C@H]1CC. The smallest absolute Gasteiger partial charge is 0.416 e. The van der Waals surface area contributed by atoms with E-state index < -0.39 is 23.4 Å². The number of ether oxygens (including phenoxy) is 1. The van der Waals surface area contributed by atoms with Crippen molar-refractivity contribution >= 4 is 5.91 Å². The Hall–Kier alpha value is -1.76. The van der Waals surface area contributed by atoms with Gasteiger partial charge in [0.25, 0.3) is 5.91 Å². The lowest BCUT2D eigenvalue weighted by molar-refractivity contribution is -0.141. The third-order valence-corrected chi connectivity index (χ3v) is 5.84. The summed E-state index contributed by atoms with van der Waals surface area (Å²) < 4.78 is 44.3. The van der Waals surface area contributed by atoms with Gasteiger partial charge in [0, 0.05) is 6.04 Å². The van der Waals surface area contributed by atoms with Gasteiger partial charge in [-0.2, -0.15) is 13.2 Å². The van der Waals surface area contributed by atoms with Gasteiger partial charge in [-0.15, -0.1) is 0 Å². The highest BCUT2D eigenvalue weighted by Crippen LogP contribution is 2.45. The number of halogens is 3. The molecule has 2 N–H and O–H groups in total. The fourth-order valence-corrected chi connectivity index (χ4v) is 4.19. The average Bonchev–Trinajstić information content (AvgIpc) is 2.62. The maximum absolute atomic E-state index is 12.9. The number of nitrogens with one attached hydrogen (secondary N) is 1. The lowest BCUT2D eigenvalue weighted by Gasteiger charge is -2.53. The zero-order valence-corrected chi connectivity index (χ0v) is 17.0. The van der Waals surface area contributed by atoms with Crippen LogP contribution in [0.4, 0.5) is 13.2 Å². The van der Waals surface area contributed by atoms with Crippen molar-refractivity contribution in [2.24, 2.45) is 17.8 Å². The molecular weight excluding hydrogens is 371 g/mol. The van der Waals surface area contributed by atoms with Crippen molar-refractivity contribution in [2.75, 3.05) is 0 Å². The van der Waals surface area contributed by atoms with Crippen LogP contribution in [-0.2, 0) is 11.0 Å². The highest BCUT2D eigenvalue weighted by atomic mass is 19.4. The number of aliphatic hydroxyl groups is 1. The molecule has 0 saturated heterocycles. The number of alkyl halides is 3. The number of aliphatic hydroxyl groups excluding tert-OH is 1. The third kappa shape index (κ3) is 4.62. The zero-order valence-electron chi connectivity index (χ0n) is 17.0. The van der Waals surface area contributed by atoms with E-state index in [0.717, 1.165) is 18.6 Å². The molecule has 1 aliphatic carbocycles. The number of hydrogen-bond donors (Lipinski definition) is 2. The Morgan fingerprint density at radius 1 is 1.29 bits per heavy atom. The molecule has 158 valence electrons. The molecule has 7 heteroatoms. The monoisotopic (exact) mass is 401 g/mol. The molecule has 0 radical (unpaired) electrons. The lowest BCUT2D eigenvalue weighted by atomic mass is 9.58. The summed E-state index contributed by atoms with van der Waals surface area (Å²) in [5, 5.41) is 13.2. The Balaban J connectivity index is 2.07. The van der Waals surface area contributed by atoms with Crippen molar-refractivity contribution in [3.8, 4) is 5.75 Å². The van der Waals surface area contributed by atoms with Crippen molar-refractivity contribution in [1.82, 2.24) is 5.32 Å². The van der Waals surface area contributed by atoms with Crippen LogP contribution in [0.3, 0.4) is 0 Å². The normalized spacial score (nSPS) is 26.3. The first-order chi connectivity index (χ1) is 12.9. The molecule has 0 spiro atoms. The highest BCUT2D eigenvalue weighted by molar-refractivity contribution is 5.85. The van der Waals surface area contributed by atoms with Crippen molar-refractivity contribution in [3.05, 3.63) is 29.8 Å². The number of amides is 1. The standard InChI is InChI=1S/C21H30F3NO3/c1-6-15-17(16(26)7-2)12(3)18(15)25-19(27)20(4,5)28-14-10-8-9-13(11-14)21(22,23)24/h8-12,15-18,26H,6-7H2,1-5H3,(H,25,27)/t12-,15+,16-,17?,18+/m1/s1.